The Morgan fingerprint density at radius 2 is 1.60 bits per heavy atom. The van der Waals surface area contributed by atoms with Crippen molar-refractivity contribution in [2.24, 2.45) is 0 Å². The fraction of sp³-hybridized carbons (Fsp3) is 0.188. The maximum atomic E-state index is 13.2. The first-order valence-electron chi connectivity index (χ1n) is 6.16. The van der Waals surface area contributed by atoms with Crippen LogP contribution in [0.1, 0.15) is 16.7 Å². The number of Topliss-reactive ketones (excluding diaryl/α,β-unsaturated/α-hetero) is 1. The summed E-state index contributed by atoms with van der Waals surface area (Å²) in [6.45, 7) is 1.83. The minimum Gasteiger partial charge on any atom is -0.299 e. The van der Waals surface area contributed by atoms with Gasteiger partial charge in [0.2, 0.25) is 0 Å². The van der Waals surface area contributed by atoms with Crippen molar-refractivity contribution in [1.29, 1.82) is 0 Å². The van der Waals surface area contributed by atoms with Crippen LogP contribution in [0.15, 0.2) is 36.4 Å². The van der Waals surface area contributed by atoms with Crippen molar-refractivity contribution in [2.75, 3.05) is 0 Å². The summed E-state index contributed by atoms with van der Waals surface area (Å²) in [7, 11) is 0. The van der Waals surface area contributed by atoms with Gasteiger partial charge in [0.05, 0.1) is 0 Å². The predicted molar refractivity (Wildman–Crippen MR) is 75.0 cm³/mol. The lowest BCUT2D eigenvalue weighted by molar-refractivity contribution is -0.117. The minimum absolute atomic E-state index is 0.0905. The Morgan fingerprint density at radius 3 is 2.30 bits per heavy atom. The molecule has 4 heteroatoms. The van der Waals surface area contributed by atoms with E-state index in [1.807, 2.05) is 6.92 Å². The number of aryl methyl sites for hydroxylation is 1. The highest BCUT2D eigenvalue weighted by molar-refractivity contribution is 6.31. The summed E-state index contributed by atoms with van der Waals surface area (Å²) < 4.78 is 26.1. The van der Waals surface area contributed by atoms with E-state index in [1.54, 1.807) is 6.07 Å². The minimum atomic E-state index is -0.438. The van der Waals surface area contributed by atoms with Crippen LogP contribution in [0.5, 0.6) is 0 Å². The van der Waals surface area contributed by atoms with Gasteiger partial charge >= 0.3 is 0 Å². The molecular formula is C16H13ClF2O. The maximum absolute atomic E-state index is 13.2. The van der Waals surface area contributed by atoms with Crippen LogP contribution in [-0.4, -0.2) is 5.78 Å². The van der Waals surface area contributed by atoms with Crippen LogP contribution in [-0.2, 0) is 17.6 Å². The third-order valence-electron chi connectivity index (χ3n) is 3.10. The van der Waals surface area contributed by atoms with Crippen LogP contribution in [0.25, 0.3) is 0 Å². The third-order valence-corrected chi connectivity index (χ3v) is 3.45. The summed E-state index contributed by atoms with van der Waals surface area (Å²) in [5.41, 5.74) is 2.10. The van der Waals surface area contributed by atoms with Gasteiger partial charge in [0.1, 0.15) is 17.4 Å². The highest BCUT2D eigenvalue weighted by Crippen LogP contribution is 2.19. The fourth-order valence-corrected chi connectivity index (χ4v) is 2.22. The number of ketones is 1. The molecule has 0 bridgehead atoms. The molecule has 0 amide bonds. The molecule has 0 radical (unpaired) electrons. The van der Waals surface area contributed by atoms with E-state index in [0.717, 1.165) is 5.56 Å². The number of hydrogen-bond acceptors (Lipinski definition) is 1. The van der Waals surface area contributed by atoms with Crippen molar-refractivity contribution in [1.82, 2.24) is 0 Å². The predicted octanol–water partition coefficient (Wildman–Crippen LogP) is 4.28. The topological polar surface area (TPSA) is 17.1 Å². The molecule has 0 saturated heterocycles. The van der Waals surface area contributed by atoms with Crippen LogP contribution in [0.3, 0.4) is 0 Å². The van der Waals surface area contributed by atoms with E-state index in [-0.39, 0.29) is 29.5 Å². The van der Waals surface area contributed by atoms with Crippen molar-refractivity contribution in [3.05, 3.63) is 69.7 Å². The molecule has 0 spiro atoms. The second kappa shape index (κ2) is 6.14. The summed E-state index contributed by atoms with van der Waals surface area (Å²) >= 11 is 5.88. The van der Waals surface area contributed by atoms with Gasteiger partial charge in [-0.15, -0.1) is 0 Å². The molecule has 0 aliphatic rings. The van der Waals surface area contributed by atoms with Crippen molar-refractivity contribution in [3.8, 4) is 0 Å². The van der Waals surface area contributed by atoms with Crippen LogP contribution < -0.4 is 0 Å². The zero-order valence-corrected chi connectivity index (χ0v) is 11.7. The van der Waals surface area contributed by atoms with E-state index in [9.17, 15) is 13.6 Å². The van der Waals surface area contributed by atoms with Gasteiger partial charge in [0.25, 0.3) is 0 Å². The molecule has 1 nitrogen and oxygen atoms in total. The zero-order chi connectivity index (χ0) is 14.7. The van der Waals surface area contributed by atoms with E-state index >= 15 is 0 Å². The Balaban J connectivity index is 2.11. The van der Waals surface area contributed by atoms with Crippen molar-refractivity contribution in [3.63, 3.8) is 0 Å². The second-order valence-corrected chi connectivity index (χ2v) is 5.11. The van der Waals surface area contributed by atoms with Crippen LogP contribution in [0, 0.1) is 18.6 Å². The molecule has 20 heavy (non-hydrogen) atoms. The normalized spacial score (nSPS) is 10.6. The zero-order valence-electron chi connectivity index (χ0n) is 10.9. The lowest BCUT2D eigenvalue weighted by Gasteiger charge is -2.07. The molecule has 0 unspecified atom stereocenters. The van der Waals surface area contributed by atoms with E-state index in [0.29, 0.717) is 11.1 Å². The molecule has 0 atom stereocenters. The van der Waals surface area contributed by atoms with Gasteiger partial charge in [-0.2, -0.15) is 0 Å². The smallest absolute Gasteiger partial charge is 0.141 e. The second-order valence-electron chi connectivity index (χ2n) is 4.70. The molecule has 2 aromatic rings. The third kappa shape index (κ3) is 3.64. The Labute approximate surface area is 121 Å². The SMILES string of the molecule is Cc1ccc(F)cc1CC(=O)Cc1ccc(F)cc1Cl. The van der Waals surface area contributed by atoms with Gasteiger partial charge < -0.3 is 0 Å². The van der Waals surface area contributed by atoms with Crippen molar-refractivity contribution < 1.29 is 13.6 Å². The summed E-state index contributed by atoms with van der Waals surface area (Å²) in [5, 5.41) is 0.231. The van der Waals surface area contributed by atoms with Gasteiger partial charge in [-0.3, -0.25) is 4.79 Å². The Morgan fingerprint density at radius 1 is 1.00 bits per heavy atom. The highest BCUT2D eigenvalue weighted by Gasteiger charge is 2.11. The molecule has 0 aliphatic carbocycles. The van der Waals surface area contributed by atoms with Crippen molar-refractivity contribution in [2.45, 2.75) is 19.8 Å². The summed E-state index contributed by atoms with van der Waals surface area (Å²) in [5.74, 6) is -0.891. The number of hydrogen-bond donors (Lipinski definition) is 0. The average molecular weight is 295 g/mol. The Hall–Kier alpha value is -1.74. The Kier molecular flexibility index (Phi) is 4.50. The van der Waals surface area contributed by atoms with Gasteiger partial charge in [-0.25, -0.2) is 8.78 Å². The molecule has 0 fully saturated rings. The molecule has 0 aromatic heterocycles. The molecule has 0 aliphatic heterocycles. The number of rotatable bonds is 4. The monoisotopic (exact) mass is 294 g/mol. The summed E-state index contributed by atoms with van der Waals surface area (Å²) in [6, 6.07) is 8.30. The lowest BCUT2D eigenvalue weighted by Crippen LogP contribution is -2.08. The number of carbonyl (C=O) groups excluding carboxylic acids is 1. The molecule has 2 aromatic carbocycles. The molecular weight excluding hydrogens is 282 g/mol. The average Bonchev–Trinajstić information content (AvgIpc) is 2.37. The standard InChI is InChI=1S/C16H13ClF2O/c1-10-2-4-13(18)6-12(10)8-15(20)7-11-3-5-14(19)9-16(11)17/h2-6,9H,7-8H2,1H3. The summed E-state index contributed by atoms with van der Waals surface area (Å²) in [4.78, 5) is 12.0. The van der Waals surface area contributed by atoms with Gasteiger partial charge in [-0.05, 0) is 47.9 Å². The van der Waals surface area contributed by atoms with Crippen LogP contribution >= 0.6 is 11.6 Å². The van der Waals surface area contributed by atoms with Gasteiger partial charge in [0, 0.05) is 17.9 Å². The quantitative estimate of drug-likeness (QED) is 0.822. The first-order valence-corrected chi connectivity index (χ1v) is 6.54. The first kappa shape index (κ1) is 14.7. The molecule has 104 valence electrons. The van der Waals surface area contributed by atoms with Crippen LogP contribution in [0.2, 0.25) is 5.02 Å². The highest BCUT2D eigenvalue weighted by atomic mass is 35.5. The van der Waals surface area contributed by atoms with E-state index < -0.39 is 5.82 Å². The Bertz CT molecular complexity index is 653. The largest absolute Gasteiger partial charge is 0.299 e. The fourth-order valence-electron chi connectivity index (χ4n) is 1.98. The number of carbonyl (C=O) groups is 1. The maximum Gasteiger partial charge on any atom is 0.141 e. The van der Waals surface area contributed by atoms with Gasteiger partial charge in [-0.1, -0.05) is 23.7 Å². The van der Waals surface area contributed by atoms with E-state index in [4.69, 9.17) is 11.6 Å². The van der Waals surface area contributed by atoms with E-state index in [2.05, 4.69) is 0 Å². The summed E-state index contributed by atoms with van der Waals surface area (Å²) in [6.07, 6.45) is 0.242. The molecule has 0 heterocycles. The van der Waals surface area contributed by atoms with E-state index in [1.165, 1.54) is 30.3 Å². The lowest BCUT2D eigenvalue weighted by atomic mass is 9.99. The van der Waals surface area contributed by atoms with Crippen molar-refractivity contribution >= 4 is 17.4 Å². The number of halogens is 3. The van der Waals surface area contributed by atoms with Crippen LogP contribution in [0.4, 0.5) is 8.78 Å². The number of benzene rings is 2. The van der Waals surface area contributed by atoms with Gasteiger partial charge in [0.15, 0.2) is 0 Å². The molecule has 2 rings (SSSR count). The molecule has 0 N–H and O–H groups in total. The molecule has 0 saturated carbocycles. The first-order chi connectivity index (χ1) is 9.45.